The molecule has 7 nitrogen and oxygen atoms in total. The van der Waals surface area contributed by atoms with E-state index >= 15 is 0 Å². The molecule has 3 heterocycles. The van der Waals surface area contributed by atoms with Crippen LogP contribution in [0.2, 0.25) is 0 Å². The minimum atomic E-state index is -0.274. The van der Waals surface area contributed by atoms with Crippen molar-refractivity contribution in [1.82, 2.24) is 19.7 Å². The van der Waals surface area contributed by atoms with Gasteiger partial charge in [0.25, 0.3) is 0 Å². The third-order valence-electron chi connectivity index (χ3n) is 4.97. The third kappa shape index (κ3) is 4.91. The SMILES string of the molecule is Cc1cc(Cn2cc3c(NC(=O)C(C)C)nccc3n2)cnc1OCc1ccc(F)cc1. The number of nitrogens with one attached hydrogen (secondary N) is 1. The molecule has 32 heavy (non-hydrogen) atoms. The van der Waals surface area contributed by atoms with E-state index in [9.17, 15) is 9.18 Å². The molecule has 8 heteroatoms. The van der Waals surface area contributed by atoms with Gasteiger partial charge < -0.3 is 10.1 Å². The fourth-order valence-electron chi connectivity index (χ4n) is 3.21. The predicted molar refractivity (Wildman–Crippen MR) is 120 cm³/mol. The van der Waals surface area contributed by atoms with Gasteiger partial charge in [0.15, 0.2) is 0 Å². The van der Waals surface area contributed by atoms with Gasteiger partial charge in [-0.25, -0.2) is 14.4 Å². The van der Waals surface area contributed by atoms with Gasteiger partial charge in [-0.05, 0) is 42.3 Å². The summed E-state index contributed by atoms with van der Waals surface area (Å²) in [5, 5.41) is 8.23. The Morgan fingerprint density at radius 3 is 2.66 bits per heavy atom. The number of aryl methyl sites for hydroxylation is 1. The summed E-state index contributed by atoms with van der Waals surface area (Å²) < 4.78 is 20.6. The molecule has 4 rings (SSSR count). The van der Waals surface area contributed by atoms with E-state index in [0.717, 1.165) is 27.6 Å². The van der Waals surface area contributed by atoms with E-state index < -0.39 is 0 Å². The molecule has 4 aromatic rings. The highest BCUT2D eigenvalue weighted by Gasteiger charge is 2.13. The molecule has 0 saturated carbocycles. The quantitative estimate of drug-likeness (QED) is 0.464. The molecule has 0 bridgehead atoms. The van der Waals surface area contributed by atoms with Gasteiger partial charge in [0, 0.05) is 30.1 Å². The van der Waals surface area contributed by atoms with Crippen LogP contribution in [0.4, 0.5) is 10.2 Å². The van der Waals surface area contributed by atoms with Crippen molar-refractivity contribution in [3.8, 4) is 5.88 Å². The molecule has 0 spiro atoms. The summed E-state index contributed by atoms with van der Waals surface area (Å²) in [6.45, 7) is 6.43. The van der Waals surface area contributed by atoms with E-state index in [0.29, 0.717) is 24.8 Å². The van der Waals surface area contributed by atoms with Gasteiger partial charge in [-0.15, -0.1) is 0 Å². The first kappa shape index (κ1) is 21.4. The van der Waals surface area contributed by atoms with Gasteiger partial charge in [0.1, 0.15) is 18.2 Å². The number of hydrogen-bond acceptors (Lipinski definition) is 5. The van der Waals surface area contributed by atoms with Crippen molar-refractivity contribution < 1.29 is 13.9 Å². The highest BCUT2D eigenvalue weighted by molar-refractivity contribution is 5.99. The largest absolute Gasteiger partial charge is 0.473 e. The van der Waals surface area contributed by atoms with Gasteiger partial charge >= 0.3 is 0 Å². The van der Waals surface area contributed by atoms with Crippen LogP contribution in [0.3, 0.4) is 0 Å². The molecule has 0 fully saturated rings. The standard InChI is InChI=1S/C24H24FN5O2/c1-15(2)23(31)28-22-20-13-30(29-21(20)8-9-26-22)12-18-10-16(3)24(27-11-18)32-14-17-4-6-19(25)7-5-17/h4-11,13,15H,12,14H2,1-3H3,(H,26,28,31). The van der Waals surface area contributed by atoms with Crippen LogP contribution in [0.5, 0.6) is 5.88 Å². The molecular formula is C24H24FN5O2. The molecular weight excluding hydrogens is 409 g/mol. The summed E-state index contributed by atoms with van der Waals surface area (Å²) >= 11 is 0. The molecule has 0 atom stereocenters. The summed E-state index contributed by atoms with van der Waals surface area (Å²) in [5.74, 6) is 0.538. The zero-order valence-electron chi connectivity index (χ0n) is 18.2. The second-order valence-electron chi connectivity index (χ2n) is 7.94. The Kier molecular flexibility index (Phi) is 6.11. The number of nitrogens with zero attached hydrogens (tertiary/aromatic N) is 4. The lowest BCUT2D eigenvalue weighted by Gasteiger charge is -2.10. The van der Waals surface area contributed by atoms with E-state index in [4.69, 9.17) is 4.74 Å². The number of rotatable bonds is 7. The molecule has 0 aliphatic rings. The molecule has 1 N–H and O–H groups in total. The molecule has 0 unspecified atom stereocenters. The zero-order valence-corrected chi connectivity index (χ0v) is 18.2. The second kappa shape index (κ2) is 9.13. The van der Waals surface area contributed by atoms with Gasteiger partial charge in [0.2, 0.25) is 11.8 Å². The number of amides is 1. The van der Waals surface area contributed by atoms with E-state index in [1.54, 1.807) is 29.2 Å². The summed E-state index contributed by atoms with van der Waals surface area (Å²) in [6.07, 6.45) is 5.25. The summed E-state index contributed by atoms with van der Waals surface area (Å²) in [6, 6.07) is 10.0. The lowest BCUT2D eigenvalue weighted by atomic mass is 10.2. The molecule has 0 saturated heterocycles. The number of carbonyl (C=O) groups is 1. The number of fused-ring (bicyclic) bond motifs is 1. The topological polar surface area (TPSA) is 81.9 Å². The minimum absolute atomic E-state index is 0.0891. The molecule has 3 aromatic heterocycles. The van der Waals surface area contributed by atoms with E-state index in [-0.39, 0.29) is 17.6 Å². The van der Waals surface area contributed by atoms with Crippen molar-refractivity contribution >= 4 is 22.6 Å². The number of halogens is 1. The van der Waals surface area contributed by atoms with Crippen LogP contribution in [-0.4, -0.2) is 25.7 Å². The average molecular weight is 433 g/mol. The minimum Gasteiger partial charge on any atom is -0.473 e. The van der Waals surface area contributed by atoms with E-state index in [2.05, 4.69) is 20.4 Å². The Balaban J connectivity index is 1.47. The van der Waals surface area contributed by atoms with Crippen molar-refractivity contribution in [3.05, 3.63) is 77.5 Å². The van der Waals surface area contributed by atoms with Crippen LogP contribution in [0.15, 0.2) is 55.0 Å². The van der Waals surface area contributed by atoms with Gasteiger partial charge in [-0.3, -0.25) is 9.48 Å². The Labute approximate surface area is 185 Å². The summed E-state index contributed by atoms with van der Waals surface area (Å²) in [5.41, 5.74) is 3.48. The van der Waals surface area contributed by atoms with E-state index in [1.165, 1.54) is 12.1 Å². The number of benzene rings is 1. The highest BCUT2D eigenvalue weighted by Crippen LogP contribution is 2.22. The highest BCUT2D eigenvalue weighted by atomic mass is 19.1. The van der Waals surface area contributed by atoms with Gasteiger partial charge in [0.05, 0.1) is 17.4 Å². The van der Waals surface area contributed by atoms with Gasteiger partial charge in [-0.1, -0.05) is 26.0 Å². The molecule has 0 radical (unpaired) electrons. The van der Waals surface area contributed by atoms with Crippen LogP contribution < -0.4 is 10.1 Å². The average Bonchev–Trinajstić information content (AvgIpc) is 3.17. The first-order chi connectivity index (χ1) is 15.4. The van der Waals surface area contributed by atoms with Crippen LogP contribution in [0, 0.1) is 18.7 Å². The molecule has 0 aliphatic carbocycles. The Hall–Kier alpha value is -3.81. The number of aromatic nitrogens is 4. The van der Waals surface area contributed by atoms with Crippen molar-refractivity contribution in [2.45, 2.75) is 33.9 Å². The zero-order chi connectivity index (χ0) is 22.7. The molecule has 1 amide bonds. The van der Waals surface area contributed by atoms with Crippen LogP contribution in [0.25, 0.3) is 10.9 Å². The summed E-state index contributed by atoms with van der Waals surface area (Å²) in [7, 11) is 0. The Morgan fingerprint density at radius 2 is 1.94 bits per heavy atom. The maximum Gasteiger partial charge on any atom is 0.228 e. The number of carbonyl (C=O) groups excluding carboxylic acids is 1. The Morgan fingerprint density at radius 1 is 1.16 bits per heavy atom. The van der Waals surface area contributed by atoms with E-state index in [1.807, 2.05) is 39.1 Å². The van der Waals surface area contributed by atoms with Crippen molar-refractivity contribution in [2.24, 2.45) is 5.92 Å². The van der Waals surface area contributed by atoms with Crippen LogP contribution >= 0.6 is 0 Å². The van der Waals surface area contributed by atoms with Crippen molar-refractivity contribution in [3.63, 3.8) is 0 Å². The monoisotopic (exact) mass is 433 g/mol. The maximum atomic E-state index is 13.0. The fraction of sp³-hybridized carbons (Fsp3) is 0.250. The first-order valence-electron chi connectivity index (χ1n) is 10.3. The second-order valence-corrected chi connectivity index (χ2v) is 7.94. The fourth-order valence-corrected chi connectivity index (χ4v) is 3.21. The summed E-state index contributed by atoms with van der Waals surface area (Å²) in [4.78, 5) is 20.8. The molecule has 0 aliphatic heterocycles. The smallest absolute Gasteiger partial charge is 0.228 e. The van der Waals surface area contributed by atoms with Gasteiger partial charge in [-0.2, -0.15) is 5.10 Å². The van der Waals surface area contributed by atoms with Crippen molar-refractivity contribution in [2.75, 3.05) is 5.32 Å². The number of ether oxygens (including phenoxy) is 1. The molecule has 164 valence electrons. The van der Waals surface area contributed by atoms with Crippen LogP contribution in [0.1, 0.15) is 30.5 Å². The molecule has 1 aromatic carbocycles. The van der Waals surface area contributed by atoms with Crippen molar-refractivity contribution in [1.29, 1.82) is 0 Å². The van der Waals surface area contributed by atoms with Crippen LogP contribution in [-0.2, 0) is 17.9 Å². The maximum absolute atomic E-state index is 13.0. The predicted octanol–water partition coefficient (Wildman–Crippen LogP) is 4.50. The third-order valence-corrected chi connectivity index (χ3v) is 4.97. The normalized spacial score (nSPS) is 11.2. The first-order valence-corrected chi connectivity index (χ1v) is 10.3. The number of pyridine rings is 2. The number of anilines is 1. The lowest BCUT2D eigenvalue weighted by Crippen LogP contribution is -2.18. The lowest BCUT2D eigenvalue weighted by molar-refractivity contribution is -0.118. The number of hydrogen-bond donors (Lipinski definition) is 1. The Bertz CT molecular complexity index is 1250.